The highest BCUT2D eigenvalue weighted by atomic mass is 19.1. The van der Waals surface area contributed by atoms with Gasteiger partial charge < -0.3 is 19.3 Å². The number of likely N-dealkylation sites (tertiary alicyclic amines) is 1. The average Bonchev–Trinajstić information content (AvgIpc) is 3.22. The van der Waals surface area contributed by atoms with Gasteiger partial charge in [-0.25, -0.2) is 8.78 Å². The Morgan fingerprint density at radius 1 is 1.15 bits per heavy atom. The standard InChI is InChI=1S/C18H20F2N2O4/c19-13-1-2-15(14(20)10-13)22-11-12(9-16(22)23)17(24)21-5-3-18(4-6-21)25-7-8-26-18/h1-2,10,12H,3-9,11H2. The van der Waals surface area contributed by atoms with Crippen LogP contribution in [0.1, 0.15) is 19.3 Å². The largest absolute Gasteiger partial charge is 0.347 e. The Morgan fingerprint density at radius 2 is 1.85 bits per heavy atom. The van der Waals surface area contributed by atoms with Crippen LogP contribution in [0.5, 0.6) is 0 Å². The molecule has 0 aliphatic carbocycles. The van der Waals surface area contributed by atoms with E-state index in [1.807, 2.05) is 0 Å². The molecule has 3 saturated heterocycles. The van der Waals surface area contributed by atoms with E-state index < -0.39 is 23.3 Å². The summed E-state index contributed by atoms with van der Waals surface area (Å²) in [6.07, 6.45) is 1.25. The van der Waals surface area contributed by atoms with Crippen molar-refractivity contribution in [2.24, 2.45) is 5.92 Å². The maximum Gasteiger partial charge on any atom is 0.228 e. The lowest BCUT2D eigenvalue weighted by Gasteiger charge is -2.38. The molecule has 1 atom stereocenters. The lowest BCUT2D eigenvalue weighted by molar-refractivity contribution is -0.188. The minimum absolute atomic E-state index is 0.0112. The van der Waals surface area contributed by atoms with Gasteiger partial charge >= 0.3 is 0 Å². The van der Waals surface area contributed by atoms with Crippen LogP contribution in [0.2, 0.25) is 0 Å². The number of benzene rings is 1. The van der Waals surface area contributed by atoms with Crippen molar-refractivity contribution in [1.82, 2.24) is 4.90 Å². The van der Waals surface area contributed by atoms with Crippen LogP contribution in [0.3, 0.4) is 0 Å². The fourth-order valence-electron chi connectivity index (χ4n) is 3.92. The molecule has 6 nitrogen and oxygen atoms in total. The van der Waals surface area contributed by atoms with Gasteiger partial charge in [0, 0.05) is 45.0 Å². The molecule has 1 spiro atoms. The molecule has 0 radical (unpaired) electrons. The lowest BCUT2D eigenvalue weighted by atomic mass is 10.0. The second-order valence-corrected chi connectivity index (χ2v) is 6.93. The number of piperidine rings is 1. The van der Waals surface area contributed by atoms with Crippen molar-refractivity contribution in [2.75, 3.05) is 37.7 Å². The number of rotatable bonds is 2. The normalized spacial score (nSPS) is 25.3. The van der Waals surface area contributed by atoms with Gasteiger partial charge in [0.15, 0.2) is 5.79 Å². The molecule has 3 aliphatic heterocycles. The molecular formula is C18H20F2N2O4. The van der Waals surface area contributed by atoms with E-state index in [1.54, 1.807) is 4.90 Å². The van der Waals surface area contributed by atoms with Crippen LogP contribution < -0.4 is 4.90 Å². The molecule has 0 bridgehead atoms. The molecule has 3 heterocycles. The number of hydrogen-bond donors (Lipinski definition) is 0. The number of amides is 2. The predicted octanol–water partition coefficient (Wildman–Crippen LogP) is 1.68. The maximum absolute atomic E-state index is 14.0. The highest BCUT2D eigenvalue weighted by Crippen LogP contribution is 2.33. The van der Waals surface area contributed by atoms with Crippen molar-refractivity contribution < 1.29 is 27.8 Å². The molecule has 4 rings (SSSR count). The van der Waals surface area contributed by atoms with Gasteiger partial charge in [0.2, 0.25) is 11.8 Å². The summed E-state index contributed by atoms with van der Waals surface area (Å²) in [5.74, 6) is -3.04. The summed E-state index contributed by atoms with van der Waals surface area (Å²) in [7, 11) is 0. The van der Waals surface area contributed by atoms with E-state index in [2.05, 4.69) is 0 Å². The molecule has 3 aliphatic rings. The molecule has 8 heteroatoms. The van der Waals surface area contributed by atoms with Crippen LogP contribution in [0.15, 0.2) is 18.2 Å². The molecule has 1 unspecified atom stereocenters. The highest BCUT2D eigenvalue weighted by molar-refractivity contribution is 6.00. The number of hydrogen-bond acceptors (Lipinski definition) is 4. The maximum atomic E-state index is 14.0. The summed E-state index contributed by atoms with van der Waals surface area (Å²) in [4.78, 5) is 28.0. The summed E-state index contributed by atoms with van der Waals surface area (Å²) in [6.45, 7) is 2.27. The van der Waals surface area contributed by atoms with Crippen molar-refractivity contribution in [2.45, 2.75) is 25.0 Å². The van der Waals surface area contributed by atoms with Crippen molar-refractivity contribution in [3.05, 3.63) is 29.8 Å². The zero-order valence-corrected chi connectivity index (χ0v) is 14.2. The second-order valence-electron chi connectivity index (χ2n) is 6.93. The second kappa shape index (κ2) is 6.59. The van der Waals surface area contributed by atoms with Crippen LogP contribution in [0.25, 0.3) is 0 Å². The van der Waals surface area contributed by atoms with Crippen LogP contribution >= 0.6 is 0 Å². The van der Waals surface area contributed by atoms with Crippen molar-refractivity contribution in [3.63, 3.8) is 0 Å². The Bertz CT molecular complexity index is 726. The summed E-state index contributed by atoms with van der Waals surface area (Å²) >= 11 is 0. The van der Waals surface area contributed by atoms with E-state index in [1.165, 1.54) is 11.0 Å². The SMILES string of the molecule is O=C(C1CC(=O)N(c2ccc(F)cc2F)C1)N1CCC2(CC1)OCCO2. The monoisotopic (exact) mass is 366 g/mol. The van der Waals surface area contributed by atoms with E-state index in [0.717, 1.165) is 12.1 Å². The molecule has 140 valence electrons. The summed E-state index contributed by atoms with van der Waals surface area (Å²) in [5, 5.41) is 0. The van der Waals surface area contributed by atoms with Crippen LogP contribution in [-0.2, 0) is 19.1 Å². The number of carbonyl (C=O) groups excluding carboxylic acids is 2. The van der Waals surface area contributed by atoms with Crippen molar-refractivity contribution >= 4 is 17.5 Å². The molecule has 1 aromatic rings. The van der Waals surface area contributed by atoms with Crippen LogP contribution in [-0.4, -0.2) is 55.3 Å². The quantitative estimate of drug-likeness (QED) is 0.799. The van der Waals surface area contributed by atoms with Gasteiger partial charge in [-0.15, -0.1) is 0 Å². The van der Waals surface area contributed by atoms with E-state index in [-0.39, 0.29) is 30.5 Å². The minimum Gasteiger partial charge on any atom is -0.347 e. The summed E-state index contributed by atoms with van der Waals surface area (Å²) in [5.41, 5.74) is 0.0112. The topological polar surface area (TPSA) is 59.1 Å². The molecule has 0 aromatic heterocycles. The molecule has 1 aromatic carbocycles. The van der Waals surface area contributed by atoms with E-state index in [4.69, 9.17) is 9.47 Å². The first-order valence-corrected chi connectivity index (χ1v) is 8.80. The number of halogens is 2. The van der Waals surface area contributed by atoms with Gasteiger partial charge in [-0.1, -0.05) is 0 Å². The molecule has 2 amide bonds. The molecule has 3 fully saturated rings. The number of anilines is 1. The zero-order chi connectivity index (χ0) is 18.3. The predicted molar refractivity (Wildman–Crippen MR) is 87.3 cm³/mol. The molecule has 0 saturated carbocycles. The Kier molecular flexibility index (Phi) is 4.40. The number of ether oxygens (including phenoxy) is 2. The Morgan fingerprint density at radius 3 is 2.50 bits per heavy atom. The third kappa shape index (κ3) is 3.07. The van der Waals surface area contributed by atoms with Crippen LogP contribution in [0, 0.1) is 17.6 Å². The third-order valence-electron chi connectivity index (χ3n) is 5.33. The third-order valence-corrected chi connectivity index (χ3v) is 5.33. The van der Waals surface area contributed by atoms with Gasteiger partial charge in [0.1, 0.15) is 11.6 Å². The van der Waals surface area contributed by atoms with E-state index in [0.29, 0.717) is 39.1 Å². The molecule has 26 heavy (non-hydrogen) atoms. The molecular weight excluding hydrogens is 346 g/mol. The van der Waals surface area contributed by atoms with E-state index in [9.17, 15) is 18.4 Å². The van der Waals surface area contributed by atoms with E-state index >= 15 is 0 Å². The number of carbonyl (C=O) groups is 2. The summed E-state index contributed by atoms with van der Waals surface area (Å²) in [6, 6.07) is 3.07. The Balaban J connectivity index is 1.41. The first-order chi connectivity index (χ1) is 12.5. The van der Waals surface area contributed by atoms with Crippen LogP contribution in [0.4, 0.5) is 14.5 Å². The Labute approximate surface area is 149 Å². The van der Waals surface area contributed by atoms with Gasteiger partial charge in [-0.2, -0.15) is 0 Å². The highest BCUT2D eigenvalue weighted by Gasteiger charge is 2.43. The summed E-state index contributed by atoms with van der Waals surface area (Å²) < 4.78 is 38.4. The first-order valence-electron chi connectivity index (χ1n) is 8.80. The Hall–Kier alpha value is -2.06. The van der Waals surface area contributed by atoms with Gasteiger partial charge in [-0.05, 0) is 12.1 Å². The fraction of sp³-hybridized carbons (Fsp3) is 0.556. The fourth-order valence-corrected chi connectivity index (χ4v) is 3.92. The van der Waals surface area contributed by atoms with Crippen molar-refractivity contribution in [1.29, 1.82) is 0 Å². The molecule has 0 N–H and O–H groups in total. The average molecular weight is 366 g/mol. The van der Waals surface area contributed by atoms with Gasteiger partial charge in [0.25, 0.3) is 0 Å². The first kappa shape index (κ1) is 17.4. The minimum atomic E-state index is -0.804. The van der Waals surface area contributed by atoms with Gasteiger partial charge in [-0.3, -0.25) is 9.59 Å². The van der Waals surface area contributed by atoms with Crippen molar-refractivity contribution in [3.8, 4) is 0 Å². The van der Waals surface area contributed by atoms with Gasteiger partial charge in [0.05, 0.1) is 24.8 Å². The smallest absolute Gasteiger partial charge is 0.228 e. The lowest BCUT2D eigenvalue weighted by Crippen LogP contribution is -2.49. The zero-order valence-electron chi connectivity index (χ0n) is 14.2. The number of nitrogens with zero attached hydrogens (tertiary/aromatic N) is 2.